The molecule has 9 heteroatoms. The molecule has 0 spiro atoms. The van der Waals surface area contributed by atoms with Gasteiger partial charge in [0.05, 0.1) is 29.3 Å². The molecule has 2 aromatic rings. The number of hydrogen-bond acceptors (Lipinski definition) is 7. The van der Waals surface area contributed by atoms with Gasteiger partial charge in [0.1, 0.15) is 10.8 Å². The minimum absolute atomic E-state index is 0.175. The van der Waals surface area contributed by atoms with E-state index in [1.54, 1.807) is 40.1 Å². The Balaban J connectivity index is 2.37. The van der Waals surface area contributed by atoms with Crippen molar-refractivity contribution in [3.8, 4) is 5.75 Å². The molecule has 0 fully saturated rings. The number of rotatable bonds is 8. The summed E-state index contributed by atoms with van der Waals surface area (Å²) in [6.07, 6.45) is 0.837. The first kappa shape index (κ1) is 23.2. The number of esters is 1. The van der Waals surface area contributed by atoms with Gasteiger partial charge in [-0.3, -0.25) is 9.59 Å². The molecule has 0 saturated carbocycles. The zero-order chi connectivity index (χ0) is 22.4. The summed E-state index contributed by atoms with van der Waals surface area (Å²) in [4.78, 5) is 39.5. The Morgan fingerprint density at radius 3 is 2.47 bits per heavy atom. The zero-order valence-corrected chi connectivity index (χ0v) is 18.6. The van der Waals surface area contributed by atoms with Crippen LogP contribution in [0.3, 0.4) is 0 Å². The smallest absolute Gasteiger partial charge is 0.341 e. The quantitative estimate of drug-likeness (QED) is 0.486. The molecule has 2 amide bonds. The van der Waals surface area contributed by atoms with Gasteiger partial charge in [-0.15, -0.1) is 11.3 Å². The molecule has 0 bridgehead atoms. The van der Waals surface area contributed by atoms with Gasteiger partial charge in [0, 0.05) is 19.7 Å². The van der Waals surface area contributed by atoms with Crippen LogP contribution >= 0.6 is 11.3 Å². The van der Waals surface area contributed by atoms with Gasteiger partial charge in [-0.1, -0.05) is 6.92 Å². The van der Waals surface area contributed by atoms with Crippen LogP contribution in [0.1, 0.15) is 56.2 Å². The molecule has 1 aromatic heterocycles. The molecule has 8 nitrogen and oxygen atoms in total. The highest BCUT2D eigenvalue weighted by Gasteiger charge is 2.27. The van der Waals surface area contributed by atoms with E-state index < -0.39 is 11.9 Å². The van der Waals surface area contributed by atoms with Gasteiger partial charge in [-0.25, -0.2) is 4.79 Å². The number of hydrogen-bond donors (Lipinski definition) is 2. The SMILES string of the molecule is CCCOc1ccc(C(=O)Nc2sc(C(=O)N(C)C)c(C)c2C(=O)OCC)cc1N. The number of nitrogens with one attached hydrogen (secondary N) is 1. The Labute approximate surface area is 180 Å². The molecule has 0 aliphatic carbocycles. The maximum Gasteiger partial charge on any atom is 0.341 e. The van der Waals surface area contributed by atoms with E-state index in [9.17, 15) is 14.4 Å². The molecule has 30 heavy (non-hydrogen) atoms. The number of anilines is 2. The van der Waals surface area contributed by atoms with Crippen LogP contribution in [0, 0.1) is 6.92 Å². The molecule has 0 atom stereocenters. The third-order valence-electron chi connectivity index (χ3n) is 4.19. The summed E-state index contributed by atoms with van der Waals surface area (Å²) >= 11 is 1.04. The first-order valence-electron chi connectivity index (χ1n) is 9.57. The van der Waals surface area contributed by atoms with E-state index in [0.29, 0.717) is 34.0 Å². The first-order valence-corrected chi connectivity index (χ1v) is 10.4. The second kappa shape index (κ2) is 10.1. The zero-order valence-electron chi connectivity index (χ0n) is 17.8. The second-order valence-corrected chi connectivity index (χ2v) is 7.76. The van der Waals surface area contributed by atoms with E-state index >= 15 is 0 Å². The molecule has 162 valence electrons. The van der Waals surface area contributed by atoms with Crippen molar-refractivity contribution >= 4 is 39.8 Å². The topological polar surface area (TPSA) is 111 Å². The summed E-state index contributed by atoms with van der Waals surface area (Å²) in [6, 6.07) is 4.73. The van der Waals surface area contributed by atoms with Crippen LogP contribution in [0.25, 0.3) is 0 Å². The first-order chi connectivity index (χ1) is 14.2. The van der Waals surface area contributed by atoms with Crippen LogP contribution in [-0.2, 0) is 4.74 Å². The summed E-state index contributed by atoms with van der Waals surface area (Å²) in [5.41, 5.74) is 7.27. The highest BCUT2D eigenvalue weighted by atomic mass is 32.1. The Kier molecular flexibility index (Phi) is 7.82. The third-order valence-corrected chi connectivity index (χ3v) is 5.38. The number of carbonyl (C=O) groups excluding carboxylic acids is 3. The summed E-state index contributed by atoms with van der Waals surface area (Å²) < 4.78 is 10.6. The third kappa shape index (κ3) is 5.10. The molecule has 3 N–H and O–H groups in total. The lowest BCUT2D eigenvalue weighted by Crippen LogP contribution is -2.21. The molecule has 1 aromatic carbocycles. The molecular weight excluding hydrogens is 406 g/mol. The lowest BCUT2D eigenvalue weighted by molar-refractivity contribution is 0.0527. The van der Waals surface area contributed by atoms with Crippen molar-refractivity contribution in [2.75, 3.05) is 38.4 Å². The molecule has 2 rings (SSSR count). The normalized spacial score (nSPS) is 10.4. The minimum Gasteiger partial charge on any atom is -0.491 e. The summed E-state index contributed by atoms with van der Waals surface area (Å²) in [5.74, 6) is -0.807. The molecule has 0 aliphatic heterocycles. The summed E-state index contributed by atoms with van der Waals surface area (Å²) in [6.45, 7) is 6.03. The fourth-order valence-corrected chi connectivity index (χ4v) is 3.88. The van der Waals surface area contributed by atoms with E-state index in [1.165, 1.54) is 11.0 Å². The van der Waals surface area contributed by atoms with Gasteiger partial charge in [0.2, 0.25) is 0 Å². The van der Waals surface area contributed by atoms with Crippen molar-refractivity contribution in [1.82, 2.24) is 4.90 Å². The largest absolute Gasteiger partial charge is 0.491 e. The van der Waals surface area contributed by atoms with Crippen LogP contribution < -0.4 is 15.8 Å². The van der Waals surface area contributed by atoms with Crippen LogP contribution in [0.5, 0.6) is 5.75 Å². The van der Waals surface area contributed by atoms with Gasteiger partial charge < -0.3 is 25.4 Å². The number of benzene rings is 1. The average Bonchev–Trinajstić information content (AvgIpc) is 3.02. The molecule has 0 radical (unpaired) electrons. The number of ether oxygens (including phenoxy) is 2. The van der Waals surface area contributed by atoms with E-state index in [-0.39, 0.29) is 23.1 Å². The molecule has 1 heterocycles. The van der Waals surface area contributed by atoms with Crippen molar-refractivity contribution in [1.29, 1.82) is 0 Å². The fraction of sp³-hybridized carbons (Fsp3) is 0.381. The molecule has 0 saturated heterocycles. The number of nitrogens with zero attached hydrogens (tertiary/aromatic N) is 1. The number of amides is 2. The van der Waals surface area contributed by atoms with Gasteiger partial charge >= 0.3 is 5.97 Å². The van der Waals surface area contributed by atoms with E-state index in [2.05, 4.69) is 5.32 Å². The summed E-state index contributed by atoms with van der Waals surface area (Å²) in [7, 11) is 3.24. The Morgan fingerprint density at radius 1 is 1.20 bits per heavy atom. The predicted octanol–water partition coefficient (Wildman–Crippen LogP) is 3.56. The highest BCUT2D eigenvalue weighted by molar-refractivity contribution is 7.18. The number of carbonyl (C=O) groups is 3. The standard InChI is InChI=1S/C21H27N3O5S/c1-6-10-29-15-9-8-13(11-14(15)22)18(25)23-19-16(21(27)28-7-2)12(3)17(30-19)20(26)24(4)5/h8-9,11H,6-7,10,22H2,1-5H3,(H,23,25). The van der Waals surface area contributed by atoms with Crippen LogP contribution in [-0.4, -0.2) is 50.0 Å². The molecule has 0 aliphatic rings. The van der Waals surface area contributed by atoms with E-state index in [0.717, 1.165) is 17.8 Å². The average molecular weight is 434 g/mol. The van der Waals surface area contributed by atoms with Gasteiger partial charge in [-0.2, -0.15) is 0 Å². The van der Waals surface area contributed by atoms with Crippen molar-refractivity contribution in [3.05, 3.63) is 39.8 Å². The number of thiophene rings is 1. The van der Waals surface area contributed by atoms with Crippen molar-refractivity contribution in [3.63, 3.8) is 0 Å². The van der Waals surface area contributed by atoms with E-state index in [1.807, 2.05) is 6.92 Å². The van der Waals surface area contributed by atoms with Crippen molar-refractivity contribution in [2.45, 2.75) is 27.2 Å². The number of nitrogen functional groups attached to an aromatic ring is 1. The van der Waals surface area contributed by atoms with Crippen LogP contribution in [0.15, 0.2) is 18.2 Å². The predicted molar refractivity (Wildman–Crippen MR) is 118 cm³/mol. The van der Waals surface area contributed by atoms with Crippen molar-refractivity contribution in [2.24, 2.45) is 0 Å². The van der Waals surface area contributed by atoms with Gasteiger partial charge in [0.15, 0.2) is 0 Å². The molecule has 0 unspecified atom stereocenters. The maximum absolute atomic E-state index is 12.8. The Bertz CT molecular complexity index is 952. The minimum atomic E-state index is -0.595. The van der Waals surface area contributed by atoms with Crippen LogP contribution in [0.2, 0.25) is 0 Å². The number of nitrogens with two attached hydrogens (primary N) is 1. The van der Waals surface area contributed by atoms with Gasteiger partial charge in [-0.05, 0) is 44.0 Å². The highest BCUT2D eigenvalue weighted by Crippen LogP contribution is 2.35. The fourth-order valence-electron chi connectivity index (χ4n) is 2.67. The van der Waals surface area contributed by atoms with Crippen molar-refractivity contribution < 1.29 is 23.9 Å². The Hall–Kier alpha value is -3.07. The summed E-state index contributed by atoms with van der Waals surface area (Å²) in [5, 5.41) is 2.98. The van der Waals surface area contributed by atoms with E-state index in [4.69, 9.17) is 15.2 Å². The van der Waals surface area contributed by atoms with Gasteiger partial charge in [0.25, 0.3) is 11.8 Å². The maximum atomic E-state index is 12.8. The Morgan fingerprint density at radius 2 is 1.90 bits per heavy atom. The second-order valence-electron chi connectivity index (χ2n) is 6.74. The lowest BCUT2D eigenvalue weighted by atomic mass is 10.1. The molecular formula is C21H27N3O5S. The monoisotopic (exact) mass is 433 g/mol. The lowest BCUT2D eigenvalue weighted by Gasteiger charge is -2.10. The van der Waals surface area contributed by atoms with Crippen LogP contribution in [0.4, 0.5) is 10.7 Å².